The fraction of sp³-hybridized carbons (Fsp3) is 0.286. The van der Waals surface area contributed by atoms with Crippen LogP contribution in [0.2, 0.25) is 0 Å². The van der Waals surface area contributed by atoms with Gasteiger partial charge in [0.25, 0.3) is 5.91 Å². The molecule has 23 heavy (non-hydrogen) atoms. The van der Waals surface area contributed by atoms with Crippen LogP contribution in [0.5, 0.6) is 0 Å². The number of nitrogens with two attached hydrogens (primary N) is 1. The van der Waals surface area contributed by atoms with Crippen LogP contribution in [-0.2, 0) is 5.54 Å². The minimum absolute atomic E-state index is 0.00701. The van der Waals surface area contributed by atoms with E-state index in [9.17, 15) is 4.79 Å². The summed E-state index contributed by atoms with van der Waals surface area (Å²) in [5, 5.41) is 10.0. The minimum atomic E-state index is -0.293. The third-order valence-corrected chi connectivity index (χ3v) is 4.61. The molecule has 1 aliphatic rings. The van der Waals surface area contributed by atoms with E-state index < -0.39 is 0 Å². The Labute approximate surface area is 139 Å². The molecule has 0 bridgehead atoms. The number of halogens is 1. The zero-order chi connectivity index (χ0) is 16.2. The Morgan fingerprint density at radius 1 is 1.48 bits per heavy atom. The van der Waals surface area contributed by atoms with Crippen molar-refractivity contribution in [3.05, 3.63) is 28.8 Å². The van der Waals surface area contributed by atoms with Gasteiger partial charge in [0.2, 0.25) is 0 Å². The van der Waals surface area contributed by atoms with E-state index in [0.717, 1.165) is 12.8 Å². The number of nitrogens with one attached hydrogen (secondary N) is 2. The van der Waals surface area contributed by atoms with Crippen LogP contribution >= 0.6 is 15.9 Å². The molecule has 4 N–H and O–H groups in total. The molecule has 1 fully saturated rings. The Balaban J connectivity index is 1.81. The quantitative estimate of drug-likeness (QED) is 0.649. The number of rotatable bonds is 3. The highest BCUT2D eigenvalue weighted by atomic mass is 79.9. The van der Waals surface area contributed by atoms with Crippen LogP contribution < -0.4 is 11.1 Å². The molecule has 0 aromatic carbocycles. The van der Waals surface area contributed by atoms with Gasteiger partial charge in [0.1, 0.15) is 22.4 Å². The highest BCUT2D eigenvalue weighted by molar-refractivity contribution is 9.10. The fourth-order valence-corrected chi connectivity index (χ4v) is 2.94. The van der Waals surface area contributed by atoms with E-state index in [2.05, 4.69) is 48.3 Å². The Bertz CT molecular complexity index is 924. The molecule has 4 rings (SSSR count). The first-order valence-corrected chi connectivity index (χ1v) is 7.91. The van der Waals surface area contributed by atoms with Crippen LogP contribution in [0.4, 0.5) is 11.6 Å². The van der Waals surface area contributed by atoms with E-state index >= 15 is 0 Å². The molecule has 0 atom stereocenters. The van der Waals surface area contributed by atoms with E-state index in [4.69, 9.17) is 5.73 Å². The molecule has 118 valence electrons. The number of carbonyl (C=O) groups excluding carboxylic acids is 1. The van der Waals surface area contributed by atoms with Gasteiger partial charge < -0.3 is 15.6 Å². The molecular weight excluding hydrogens is 362 g/mol. The van der Waals surface area contributed by atoms with E-state index in [0.29, 0.717) is 32.8 Å². The topological polar surface area (TPSA) is 115 Å². The number of anilines is 2. The summed E-state index contributed by atoms with van der Waals surface area (Å²) in [5.41, 5.74) is 7.12. The largest absolute Gasteiger partial charge is 0.383 e. The number of fused-ring (bicyclic) bond motifs is 1. The maximum Gasteiger partial charge on any atom is 0.259 e. The molecule has 3 aromatic heterocycles. The normalized spacial score (nSPS) is 15.7. The predicted molar refractivity (Wildman–Crippen MR) is 89.1 cm³/mol. The number of H-pyrrole nitrogens is 1. The molecule has 0 saturated heterocycles. The number of aromatic nitrogens is 5. The average molecular weight is 376 g/mol. The van der Waals surface area contributed by atoms with Crippen molar-refractivity contribution in [3.63, 3.8) is 0 Å². The SMILES string of the molecule is CC1(n2cc(C(=O)Nc3cc(Br)[nH]n3)c3c(N)ncnc32)CC1. The number of nitrogen functional groups attached to an aromatic ring is 1. The van der Waals surface area contributed by atoms with Gasteiger partial charge in [-0.25, -0.2) is 9.97 Å². The van der Waals surface area contributed by atoms with Crippen LogP contribution in [0.1, 0.15) is 30.1 Å². The summed E-state index contributed by atoms with van der Waals surface area (Å²) in [6, 6.07) is 1.68. The summed E-state index contributed by atoms with van der Waals surface area (Å²) in [6.07, 6.45) is 5.33. The van der Waals surface area contributed by atoms with Gasteiger partial charge in [-0.2, -0.15) is 5.10 Å². The van der Waals surface area contributed by atoms with Gasteiger partial charge in [-0.15, -0.1) is 0 Å². The molecule has 0 unspecified atom stereocenters. The van der Waals surface area contributed by atoms with E-state index in [1.807, 2.05) is 4.57 Å². The first-order chi connectivity index (χ1) is 11.0. The lowest BCUT2D eigenvalue weighted by atomic mass is 10.2. The summed E-state index contributed by atoms with van der Waals surface area (Å²) in [5.74, 6) is 0.431. The second kappa shape index (κ2) is 4.79. The summed E-state index contributed by atoms with van der Waals surface area (Å²) in [7, 11) is 0. The van der Waals surface area contributed by atoms with Crippen molar-refractivity contribution in [1.29, 1.82) is 0 Å². The van der Waals surface area contributed by atoms with Gasteiger partial charge in [-0.1, -0.05) is 0 Å². The van der Waals surface area contributed by atoms with Crippen LogP contribution in [-0.4, -0.2) is 30.6 Å². The lowest BCUT2D eigenvalue weighted by Gasteiger charge is -2.11. The van der Waals surface area contributed by atoms with Crippen molar-refractivity contribution in [1.82, 2.24) is 24.7 Å². The third-order valence-electron chi connectivity index (χ3n) is 4.20. The van der Waals surface area contributed by atoms with Crippen LogP contribution in [0.25, 0.3) is 11.0 Å². The van der Waals surface area contributed by atoms with Crippen molar-refractivity contribution in [2.75, 3.05) is 11.1 Å². The number of amides is 1. The van der Waals surface area contributed by atoms with Crippen LogP contribution in [0, 0.1) is 0 Å². The maximum atomic E-state index is 12.6. The molecule has 0 radical (unpaired) electrons. The van der Waals surface area contributed by atoms with E-state index in [1.165, 1.54) is 6.33 Å². The summed E-state index contributed by atoms with van der Waals surface area (Å²) in [6.45, 7) is 2.14. The summed E-state index contributed by atoms with van der Waals surface area (Å²) in [4.78, 5) is 21.0. The van der Waals surface area contributed by atoms with Crippen molar-refractivity contribution in [2.45, 2.75) is 25.3 Å². The lowest BCUT2D eigenvalue weighted by Crippen LogP contribution is -2.13. The first-order valence-electron chi connectivity index (χ1n) is 7.12. The number of nitrogens with zero attached hydrogens (tertiary/aromatic N) is 4. The van der Waals surface area contributed by atoms with Crippen molar-refractivity contribution >= 4 is 44.5 Å². The summed E-state index contributed by atoms with van der Waals surface area (Å²) < 4.78 is 2.71. The molecule has 9 heteroatoms. The van der Waals surface area contributed by atoms with Crippen molar-refractivity contribution < 1.29 is 4.79 Å². The van der Waals surface area contributed by atoms with Gasteiger partial charge in [0, 0.05) is 17.8 Å². The van der Waals surface area contributed by atoms with Crippen molar-refractivity contribution in [2.24, 2.45) is 0 Å². The van der Waals surface area contributed by atoms with Gasteiger partial charge >= 0.3 is 0 Å². The molecule has 1 amide bonds. The van der Waals surface area contributed by atoms with E-state index in [-0.39, 0.29) is 11.4 Å². The van der Waals surface area contributed by atoms with Gasteiger partial charge in [-0.05, 0) is 35.7 Å². The molecule has 0 spiro atoms. The highest BCUT2D eigenvalue weighted by Gasteiger charge is 2.41. The number of hydrogen-bond acceptors (Lipinski definition) is 5. The van der Waals surface area contributed by atoms with Gasteiger partial charge in [0.05, 0.1) is 10.9 Å². The van der Waals surface area contributed by atoms with Crippen LogP contribution in [0.3, 0.4) is 0 Å². The Hall–Kier alpha value is -2.42. The Morgan fingerprint density at radius 2 is 2.26 bits per heavy atom. The zero-order valence-electron chi connectivity index (χ0n) is 12.3. The standard InChI is InChI=1S/C14H14BrN7O/c1-14(2-3-14)22-5-7(10-11(16)17-6-18-12(10)22)13(23)19-9-4-8(15)20-21-9/h4-6H,2-3H2,1H3,(H2,16,17,18)(H2,19,20,21,23). The second-order valence-corrected chi connectivity index (χ2v) is 6.78. The predicted octanol–water partition coefficient (Wildman–Crippen LogP) is 2.26. The van der Waals surface area contributed by atoms with Crippen LogP contribution in [0.15, 0.2) is 23.2 Å². The molecule has 3 heterocycles. The van der Waals surface area contributed by atoms with Gasteiger partial charge in [-0.3, -0.25) is 9.89 Å². The molecule has 0 aliphatic heterocycles. The molecular formula is C14H14BrN7O. The number of aromatic amines is 1. The minimum Gasteiger partial charge on any atom is -0.383 e. The van der Waals surface area contributed by atoms with Gasteiger partial charge in [0.15, 0.2) is 5.82 Å². The molecule has 8 nitrogen and oxygen atoms in total. The highest BCUT2D eigenvalue weighted by Crippen LogP contribution is 2.45. The summed E-state index contributed by atoms with van der Waals surface area (Å²) >= 11 is 3.25. The molecule has 1 saturated carbocycles. The monoisotopic (exact) mass is 375 g/mol. The Morgan fingerprint density at radius 3 is 2.91 bits per heavy atom. The first kappa shape index (κ1) is 14.2. The lowest BCUT2D eigenvalue weighted by molar-refractivity contribution is 0.102. The zero-order valence-corrected chi connectivity index (χ0v) is 13.9. The fourth-order valence-electron chi connectivity index (χ4n) is 2.64. The molecule has 1 aliphatic carbocycles. The Kier molecular flexibility index (Phi) is 2.95. The number of carbonyl (C=O) groups is 1. The number of hydrogen-bond donors (Lipinski definition) is 3. The second-order valence-electron chi connectivity index (χ2n) is 5.92. The third kappa shape index (κ3) is 2.27. The van der Waals surface area contributed by atoms with E-state index in [1.54, 1.807) is 12.3 Å². The van der Waals surface area contributed by atoms with Crippen molar-refractivity contribution in [3.8, 4) is 0 Å². The maximum absolute atomic E-state index is 12.6. The average Bonchev–Trinajstić information content (AvgIpc) is 2.95. The molecule has 3 aromatic rings. The smallest absolute Gasteiger partial charge is 0.259 e.